The van der Waals surface area contributed by atoms with Crippen molar-refractivity contribution in [3.8, 4) is 11.5 Å². The summed E-state index contributed by atoms with van der Waals surface area (Å²) in [5, 5.41) is 2.71. The van der Waals surface area contributed by atoms with Crippen LogP contribution in [0.4, 0.5) is 15.3 Å². The topological polar surface area (TPSA) is 110 Å². The highest BCUT2D eigenvalue weighted by molar-refractivity contribution is 6.74. The van der Waals surface area contributed by atoms with Gasteiger partial charge in [-0.2, -0.15) is 0 Å². The van der Waals surface area contributed by atoms with Crippen LogP contribution in [0.5, 0.6) is 11.5 Å². The molecule has 0 fully saturated rings. The number of likely N-dealkylation sites (N-methyl/N-ethyl adjacent to an activating group) is 1. The molecule has 3 rings (SSSR count). The molecule has 0 spiro atoms. The Morgan fingerprint density at radius 1 is 1.17 bits per heavy atom. The maximum Gasteiger partial charge on any atom is 0.411 e. The summed E-state index contributed by atoms with van der Waals surface area (Å²) in [6.45, 7) is 19.8. The van der Waals surface area contributed by atoms with E-state index in [1.807, 2.05) is 13.1 Å². The average Bonchev–Trinajstić information content (AvgIpc) is 3.02. The maximum atomic E-state index is 14.6. The smallest absolute Gasteiger partial charge is 0.411 e. The van der Waals surface area contributed by atoms with E-state index in [1.54, 1.807) is 40.9 Å². The third kappa shape index (κ3) is 8.98. The Kier molecular flexibility index (Phi) is 12.7. The number of ether oxygens (including phenoxy) is 3. The summed E-state index contributed by atoms with van der Waals surface area (Å²) in [7, 11) is 2.88. The second-order valence-electron chi connectivity index (χ2n) is 13.6. The van der Waals surface area contributed by atoms with Crippen molar-refractivity contribution < 1.29 is 33.0 Å². The van der Waals surface area contributed by atoms with Gasteiger partial charge in [0.2, 0.25) is 0 Å². The number of unbranched alkanes of at least 4 members (excludes halogenated alkanes) is 1. The van der Waals surface area contributed by atoms with E-state index in [4.69, 9.17) is 18.6 Å². The summed E-state index contributed by atoms with van der Waals surface area (Å²) in [5.41, 5.74) is 2.59. The molecule has 2 heterocycles. The van der Waals surface area contributed by atoms with Gasteiger partial charge in [0.05, 0.1) is 43.7 Å². The number of nitrogens with zero attached hydrogens (tertiary/aromatic N) is 3. The van der Waals surface area contributed by atoms with E-state index in [0.717, 1.165) is 24.0 Å². The largest absolute Gasteiger partial charge is 0.493 e. The highest BCUT2D eigenvalue weighted by Gasteiger charge is 2.40. The zero-order valence-corrected chi connectivity index (χ0v) is 30.9. The minimum absolute atomic E-state index is 0.0158. The SMILES string of the molecule is C=CCOC(=O)Nc1cc(OCCCC)c(OC)cc1C(=O)N1CCC(C2=CN(C)C(=O)N(C)C2C)=C[C@H]1CO[Si](C)(C)C(C)(C)C. The van der Waals surface area contributed by atoms with E-state index >= 15 is 0 Å². The van der Waals surface area contributed by atoms with E-state index in [9.17, 15) is 14.4 Å². The highest BCUT2D eigenvalue weighted by Crippen LogP contribution is 2.39. The van der Waals surface area contributed by atoms with Crippen LogP contribution < -0.4 is 14.8 Å². The fraction of sp³-hybridized carbons (Fsp3) is 0.571. The minimum atomic E-state index is -2.18. The summed E-state index contributed by atoms with van der Waals surface area (Å²) in [5.74, 6) is 0.501. The number of hydrogen-bond donors (Lipinski definition) is 1. The molecule has 2 aliphatic heterocycles. The first-order valence-corrected chi connectivity index (χ1v) is 19.2. The summed E-state index contributed by atoms with van der Waals surface area (Å²) in [6.07, 6.45) is 7.09. The molecule has 0 saturated heterocycles. The third-order valence-corrected chi connectivity index (χ3v) is 13.8. The highest BCUT2D eigenvalue weighted by atomic mass is 28.4. The number of anilines is 1. The predicted octanol–water partition coefficient (Wildman–Crippen LogP) is 7.04. The molecular weight excluding hydrogens is 616 g/mol. The van der Waals surface area contributed by atoms with Gasteiger partial charge in [-0.3, -0.25) is 10.1 Å². The number of carbonyl (C=O) groups excluding carboxylic acids is 3. The van der Waals surface area contributed by atoms with E-state index in [1.165, 1.54) is 13.2 Å². The predicted molar refractivity (Wildman–Crippen MR) is 188 cm³/mol. The third-order valence-electron chi connectivity index (χ3n) is 9.29. The molecule has 2 aliphatic rings. The van der Waals surface area contributed by atoms with Crippen LogP contribution in [0.1, 0.15) is 64.2 Å². The van der Waals surface area contributed by atoms with Gasteiger partial charge < -0.3 is 33.3 Å². The number of nitrogens with one attached hydrogen (secondary N) is 1. The number of urea groups is 1. The molecule has 0 aromatic heterocycles. The molecule has 11 nitrogen and oxygen atoms in total. The van der Waals surface area contributed by atoms with Crippen molar-refractivity contribution in [3.63, 3.8) is 0 Å². The van der Waals surface area contributed by atoms with Crippen molar-refractivity contribution >= 4 is 32.0 Å². The van der Waals surface area contributed by atoms with Crippen LogP contribution in [-0.4, -0.2) is 101 Å². The van der Waals surface area contributed by atoms with Crippen LogP contribution in [0.3, 0.4) is 0 Å². The van der Waals surface area contributed by atoms with Gasteiger partial charge in [0.15, 0.2) is 19.8 Å². The van der Waals surface area contributed by atoms with Crippen LogP contribution in [0.25, 0.3) is 0 Å². The summed E-state index contributed by atoms with van der Waals surface area (Å²) >= 11 is 0. The molecular formula is C35H54N4O7Si. The monoisotopic (exact) mass is 670 g/mol. The Morgan fingerprint density at radius 2 is 1.87 bits per heavy atom. The number of methoxy groups -OCH3 is 1. The van der Waals surface area contributed by atoms with Crippen LogP contribution >= 0.6 is 0 Å². The zero-order chi connectivity index (χ0) is 35.1. The lowest BCUT2D eigenvalue weighted by atomic mass is 9.90. The van der Waals surface area contributed by atoms with Crippen molar-refractivity contribution in [2.75, 3.05) is 52.9 Å². The number of carbonyl (C=O) groups is 3. The fourth-order valence-electron chi connectivity index (χ4n) is 5.17. The lowest BCUT2D eigenvalue weighted by Gasteiger charge is -2.42. The second-order valence-corrected chi connectivity index (χ2v) is 18.4. The Hall–Kier alpha value is -3.77. The van der Waals surface area contributed by atoms with Gasteiger partial charge in [0.1, 0.15) is 6.61 Å². The molecule has 0 aliphatic carbocycles. The number of hydrogen-bond acceptors (Lipinski definition) is 7. The van der Waals surface area contributed by atoms with Crippen molar-refractivity contribution in [3.05, 3.63) is 53.8 Å². The van der Waals surface area contributed by atoms with E-state index in [-0.39, 0.29) is 40.9 Å². The first kappa shape index (κ1) is 37.7. The number of amides is 4. The van der Waals surface area contributed by atoms with Crippen molar-refractivity contribution in [1.29, 1.82) is 0 Å². The molecule has 4 amide bonds. The van der Waals surface area contributed by atoms with E-state index in [2.05, 4.69) is 58.8 Å². The maximum absolute atomic E-state index is 14.6. The minimum Gasteiger partial charge on any atom is -0.493 e. The average molecular weight is 671 g/mol. The molecule has 0 bridgehead atoms. The summed E-state index contributed by atoms with van der Waals surface area (Å²) in [6, 6.07) is 2.61. The van der Waals surface area contributed by atoms with Gasteiger partial charge in [-0.1, -0.05) is 52.8 Å². The van der Waals surface area contributed by atoms with Gasteiger partial charge in [-0.25, -0.2) is 9.59 Å². The van der Waals surface area contributed by atoms with Crippen LogP contribution in [0.2, 0.25) is 18.1 Å². The van der Waals surface area contributed by atoms with Gasteiger partial charge in [-0.15, -0.1) is 0 Å². The normalized spacial score (nSPS) is 18.8. The van der Waals surface area contributed by atoms with E-state index < -0.39 is 20.5 Å². The van der Waals surface area contributed by atoms with E-state index in [0.29, 0.717) is 37.7 Å². The van der Waals surface area contributed by atoms with Gasteiger partial charge in [0, 0.05) is 32.9 Å². The van der Waals surface area contributed by atoms with Gasteiger partial charge in [-0.05, 0) is 55.1 Å². The second kappa shape index (κ2) is 15.9. The Bertz CT molecular complexity index is 1380. The van der Waals surface area contributed by atoms with Gasteiger partial charge in [0.25, 0.3) is 5.91 Å². The summed E-state index contributed by atoms with van der Waals surface area (Å²) < 4.78 is 23.5. The van der Waals surface area contributed by atoms with Crippen molar-refractivity contribution in [1.82, 2.24) is 14.7 Å². The molecule has 1 N–H and O–H groups in total. The quantitative estimate of drug-likeness (QED) is 0.136. The molecule has 1 aromatic carbocycles. The van der Waals surface area contributed by atoms with Crippen LogP contribution in [-0.2, 0) is 9.16 Å². The van der Waals surface area contributed by atoms with Crippen LogP contribution in [0.15, 0.2) is 48.2 Å². The van der Waals surface area contributed by atoms with Crippen LogP contribution in [0, 0.1) is 0 Å². The molecule has 260 valence electrons. The molecule has 1 unspecified atom stereocenters. The summed E-state index contributed by atoms with van der Waals surface area (Å²) in [4.78, 5) is 45.0. The zero-order valence-electron chi connectivity index (χ0n) is 29.9. The molecule has 2 atom stereocenters. The number of benzene rings is 1. The standard InChI is InChI=1S/C35H54N4O7Si/c1-12-14-18-44-31-21-29(36-33(41)45-17-13-2)27(20-30(31)43-9)32(40)39-16-15-25(28-22-37(7)34(42)38(8)24(28)3)19-26(39)23-46-47(10,11)35(4,5)6/h13,19-22,24,26H,2,12,14-18,23H2,1,3-11H3,(H,36,41)/t24?,26-/m0/s1. The van der Waals surface area contributed by atoms with Crippen molar-refractivity contribution in [2.45, 2.75) is 84.1 Å². The fourth-order valence-corrected chi connectivity index (χ4v) is 6.19. The lowest BCUT2D eigenvalue weighted by Crippen LogP contribution is -2.50. The Labute approximate surface area is 281 Å². The molecule has 0 saturated carbocycles. The molecule has 1 aromatic rings. The molecule has 0 radical (unpaired) electrons. The molecule has 12 heteroatoms. The first-order chi connectivity index (χ1) is 22.1. The molecule has 47 heavy (non-hydrogen) atoms. The Morgan fingerprint density at radius 3 is 2.49 bits per heavy atom. The number of rotatable bonds is 13. The van der Waals surface area contributed by atoms with Gasteiger partial charge >= 0.3 is 12.1 Å². The first-order valence-electron chi connectivity index (χ1n) is 16.3. The Balaban J connectivity index is 2.09. The lowest BCUT2D eigenvalue weighted by molar-refractivity contribution is 0.0647. The van der Waals surface area contributed by atoms with Crippen molar-refractivity contribution in [2.24, 2.45) is 0 Å².